The number of hydroxylamine groups is 2. The van der Waals surface area contributed by atoms with Gasteiger partial charge in [-0.2, -0.15) is 5.06 Å². The molecule has 0 aromatic carbocycles. The SMILES string of the molecule is CCOC(=O)c1c(C)nc(NCCN2CCN3OCOC3C2)nc1C. The van der Waals surface area contributed by atoms with Crippen LogP contribution >= 0.6 is 0 Å². The van der Waals surface area contributed by atoms with Crippen molar-refractivity contribution >= 4 is 11.9 Å². The Morgan fingerprint density at radius 2 is 2.08 bits per heavy atom. The number of carbonyl (C=O) groups excluding carboxylic acids is 1. The van der Waals surface area contributed by atoms with E-state index in [0.29, 0.717) is 42.8 Å². The molecule has 0 saturated carbocycles. The third-order valence-corrected chi connectivity index (χ3v) is 4.31. The molecule has 9 heteroatoms. The molecule has 25 heavy (non-hydrogen) atoms. The molecule has 1 aromatic rings. The Labute approximate surface area is 147 Å². The first-order chi connectivity index (χ1) is 12.1. The van der Waals surface area contributed by atoms with Gasteiger partial charge in [-0.05, 0) is 20.8 Å². The maximum absolute atomic E-state index is 12.0. The maximum atomic E-state index is 12.0. The minimum atomic E-state index is -0.374. The van der Waals surface area contributed by atoms with E-state index >= 15 is 0 Å². The Hall–Kier alpha value is -1.81. The van der Waals surface area contributed by atoms with Crippen molar-refractivity contribution in [3.8, 4) is 0 Å². The van der Waals surface area contributed by atoms with Crippen molar-refractivity contribution in [2.24, 2.45) is 0 Å². The number of hydrogen-bond acceptors (Lipinski definition) is 9. The number of hydrogen-bond donors (Lipinski definition) is 1. The first kappa shape index (κ1) is 18.0. The van der Waals surface area contributed by atoms with Crippen molar-refractivity contribution in [1.29, 1.82) is 0 Å². The number of aromatic nitrogens is 2. The standard InChI is InChI=1S/C16H25N5O4/c1-4-23-15(22)14-11(2)18-16(19-12(14)3)17-5-6-20-7-8-21-13(9-20)24-10-25-21/h13H,4-10H2,1-3H3,(H,17,18,19). The maximum Gasteiger partial charge on any atom is 0.341 e. The highest BCUT2D eigenvalue weighted by molar-refractivity contribution is 5.91. The molecule has 9 nitrogen and oxygen atoms in total. The van der Waals surface area contributed by atoms with E-state index in [1.807, 2.05) is 5.06 Å². The average Bonchev–Trinajstić information content (AvgIpc) is 3.02. The molecule has 0 radical (unpaired) electrons. The summed E-state index contributed by atoms with van der Waals surface area (Å²) in [5.41, 5.74) is 1.69. The third-order valence-electron chi connectivity index (χ3n) is 4.31. The molecule has 2 aliphatic rings. The summed E-state index contributed by atoms with van der Waals surface area (Å²) in [5.74, 6) is 0.155. The van der Waals surface area contributed by atoms with Crippen LogP contribution < -0.4 is 5.32 Å². The van der Waals surface area contributed by atoms with Gasteiger partial charge in [0.2, 0.25) is 5.95 Å². The molecule has 0 aliphatic carbocycles. The van der Waals surface area contributed by atoms with Gasteiger partial charge in [0.1, 0.15) is 11.8 Å². The van der Waals surface area contributed by atoms with Crippen LogP contribution in [-0.4, -0.2) is 78.3 Å². The average molecular weight is 351 g/mol. The molecule has 1 N–H and O–H groups in total. The van der Waals surface area contributed by atoms with Crippen LogP contribution in [0, 0.1) is 13.8 Å². The van der Waals surface area contributed by atoms with Gasteiger partial charge in [-0.25, -0.2) is 14.8 Å². The quantitative estimate of drug-likeness (QED) is 0.738. The van der Waals surface area contributed by atoms with E-state index in [9.17, 15) is 4.79 Å². The molecule has 3 rings (SSSR count). The van der Waals surface area contributed by atoms with Gasteiger partial charge in [0.15, 0.2) is 6.79 Å². The molecular formula is C16H25N5O4. The number of esters is 1. The van der Waals surface area contributed by atoms with Crippen LogP contribution in [0.25, 0.3) is 0 Å². The lowest BCUT2D eigenvalue weighted by Gasteiger charge is -2.34. The predicted molar refractivity (Wildman–Crippen MR) is 89.9 cm³/mol. The third kappa shape index (κ3) is 4.24. The Morgan fingerprint density at radius 1 is 1.32 bits per heavy atom. The number of anilines is 1. The van der Waals surface area contributed by atoms with E-state index in [-0.39, 0.29) is 12.2 Å². The van der Waals surface area contributed by atoms with E-state index in [1.165, 1.54) is 0 Å². The first-order valence-electron chi connectivity index (χ1n) is 8.58. The second-order valence-electron chi connectivity index (χ2n) is 6.05. The summed E-state index contributed by atoms with van der Waals surface area (Å²) in [5, 5.41) is 5.13. The number of aryl methyl sites for hydroxylation is 2. The van der Waals surface area contributed by atoms with Crippen LogP contribution in [0.15, 0.2) is 0 Å². The van der Waals surface area contributed by atoms with Gasteiger partial charge in [-0.15, -0.1) is 0 Å². The van der Waals surface area contributed by atoms with E-state index in [0.717, 1.165) is 26.2 Å². The lowest BCUT2D eigenvalue weighted by atomic mass is 10.2. The van der Waals surface area contributed by atoms with Gasteiger partial charge in [-0.3, -0.25) is 9.74 Å². The summed E-state index contributed by atoms with van der Waals surface area (Å²) < 4.78 is 10.6. The first-order valence-corrected chi connectivity index (χ1v) is 8.58. The number of ether oxygens (including phenoxy) is 2. The second kappa shape index (κ2) is 8.05. The minimum Gasteiger partial charge on any atom is -0.462 e. The summed E-state index contributed by atoms with van der Waals surface area (Å²) in [6.45, 7) is 10.2. The molecule has 0 amide bonds. The van der Waals surface area contributed by atoms with Crippen LogP contribution in [0.2, 0.25) is 0 Å². The molecule has 1 aromatic heterocycles. The van der Waals surface area contributed by atoms with Gasteiger partial charge in [0.05, 0.1) is 18.0 Å². The highest BCUT2D eigenvalue weighted by Gasteiger charge is 2.32. The fraction of sp³-hybridized carbons (Fsp3) is 0.688. The van der Waals surface area contributed by atoms with Crippen LogP contribution in [0.5, 0.6) is 0 Å². The molecule has 1 atom stereocenters. The van der Waals surface area contributed by atoms with Crippen molar-refractivity contribution < 1.29 is 19.1 Å². The fourth-order valence-electron chi connectivity index (χ4n) is 3.07. The van der Waals surface area contributed by atoms with Crippen molar-refractivity contribution in [2.45, 2.75) is 27.0 Å². The minimum absolute atomic E-state index is 0.0263. The Bertz CT molecular complexity index is 604. The van der Waals surface area contributed by atoms with Gasteiger partial charge < -0.3 is 14.8 Å². The second-order valence-corrected chi connectivity index (χ2v) is 6.05. The molecule has 2 fully saturated rings. The smallest absolute Gasteiger partial charge is 0.341 e. The number of nitrogens with zero attached hydrogens (tertiary/aromatic N) is 4. The van der Waals surface area contributed by atoms with Crippen LogP contribution in [-0.2, 0) is 14.3 Å². The lowest BCUT2D eigenvalue weighted by Crippen LogP contribution is -2.51. The zero-order valence-corrected chi connectivity index (χ0v) is 14.9. The molecule has 2 aliphatic heterocycles. The molecule has 138 valence electrons. The van der Waals surface area contributed by atoms with E-state index in [1.54, 1.807) is 20.8 Å². The zero-order chi connectivity index (χ0) is 17.8. The summed E-state index contributed by atoms with van der Waals surface area (Å²) in [7, 11) is 0. The Morgan fingerprint density at radius 3 is 2.80 bits per heavy atom. The van der Waals surface area contributed by atoms with Gasteiger partial charge in [0, 0.05) is 32.7 Å². The number of fused-ring (bicyclic) bond motifs is 1. The summed E-state index contributed by atoms with van der Waals surface area (Å²) in [6, 6.07) is 0. The Balaban J connectivity index is 1.52. The lowest BCUT2D eigenvalue weighted by molar-refractivity contribution is -0.155. The van der Waals surface area contributed by atoms with Crippen molar-refractivity contribution in [3.63, 3.8) is 0 Å². The van der Waals surface area contributed by atoms with Gasteiger partial charge >= 0.3 is 5.97 Å². The van der Waals surface area contributed by atoms with Crippen molar-refractivity contribution in [2.75, 3.05) is 51.4 Å². The van der Waals surface area contributed by atoms with Gasteiger partial charge in [0.25, 0.3) is 0 Å². The summed E-state index contributed by atoms with van der Waals surface area (Å²) in [6.07, 6.45) is 0.0263. The van der Waals surface area contributed by atoms with E-state index < -0.39 is 0 Å². The highest BCUT2D eigenvalue weighted by Crippen LogP contribution is 2.17. The van der Waals surface area contributed by atoms with Crippen LogP contribution in [0.3, 0.4) is 0 Å². The number of carbonyl (C=O) groups is 1. The predicted octanol–water partition coefficient (Wildman–Crippen LogP) is 0.545. The van der Waals surface area contributed by atoms with E-state index in [4.69, 9.17) is 14.3 Å². The van der Waals surface area contributed by atoms with Crippen molar-refractivity contribution in [3.05, 3.63) is 17.0 Å². The molecule has 2 saturated heterocycles. The highest BCUT2D eigenvalue weighted by atomic mass is 16.8. The molecule has 0 spiro atoms. The molecule has 3 heterocycles. The number of piperazine rings is 1. The molecule has 1 unspecified atom stereocenters. The summed E-state index contributed by atoms with van der Waals surface area (Å²) in [4.78, 5) is 28.4. The normalized spacial score (nSPS) is 21.2. The van der Waals surface area contributed by atoms with Crippen LogP contribution in [0.4, 0.5) is 5.95 Å². The fourth-order valence-corrected chi connectivity index (χ4v) is 3.07. The van der Waals surface area contributed by atoms with Gasteiger partial charge in [-0.1, -0.05) is 0 Å². The van der Waals surface area contributed by atoms with Crippen molar-refractivity contribution in [1.82, 2.24) is 19.9 Å². The molecular weight excluding hydrogens is 326 g/mol. The summed E-state index contributed by atoms with van der Waals surface area (Å²) >= 11 is 0. The zero-order valence-electron chi connectivity index (χ0n) is 14.9. The van der Waals surface area contributed by atoms with E-state index in [2.05, 4.69) is 20.2 Å². The number of nitrogens with one attached hydrogen (secondary N) is 1. The molecule has 0 bridgehead atoms. The Kier molecular flexibility index (Phi) is 5.79. The largest absolute Gasteiger partial charge is 0.462 e. The number of rotatable bonds is 6. The monoisotopic (exact) mass is 351 g/mol. The topological polar surface area (TPSA) is 89.1 Å². The van der Waals surface area contributed by atoms with Crippen LogP contribution in [0.1, 0.15) is 28.7 Å².